The van der Waals surface area contributed by atoms with Crippen LogP contribution in [-0.2, 0) is 6.61 Å². The fourth-order valence-electron chi connectivity index (χ4n) is 1.81. The van der Waals surface area contributed by atoms with Crippen LogP contribution in [0.25, 0.3) is 0 Å². The Labute approximate surface area is 126 Å². The van der Waals surface area contributed by atoms with Gasteiger partial charge >= 0.3 is 0 Å². The predicted molar refractivity (Wildman–Crippen MR) is 79.6 cm³/mol. The number of rotatable bonds is 5. The number of benzene rings is 2. The molecular weight excluding hydrogens is 296 g/mol. The van der Waals surface area contributed by atoms with E-state index in [4.69, 9.17) is 27.4 Å². The molecule has 0 unspecified atom stereocenters. The van der Waals surface area contributed by atoms with Crippen LogP contribution in [0.5, 0.6) is 11.5 Å². The van der Waals surface area contributed by atoms with E-state index >= 15 is 0 Å². The molecule has 0 aliphatic rings. The Hall–Kier alpha value is -2.21. The normalized spacial score (nSPS) is 10.2. The Balaban J connectivity index is 2.21. The fourth-order valence-corrected chi connectivity index (χ4v) is 1.97. The Morgan fingerprint density at radius 3 is 2.43 bits per heavy atom. The minimum Gasteiger partial charge on any atom is -0.496 e. The van der Waals surface area contributed by atoms with E-state index in [2.05, 4.69) is 0 Å². The highest BCUT2D eigenvalue weighted by Gasteiger charge is 2.11. The maximum Gasteiger partial charge on any atom is 0.191 e. The van der Waals surface area contributed by atoms with Crippen LogP contribution in [0.4, 0.5) is 8.78 Å². The third-order valence-corrected chi connectivity index (χ3v) is 3.05. The molecule has 0 radical (unpaired) electrons. The summed E-state index contributed by atoms with van der Waals surface area (Å²) in [5.74, 6) is -1.38. The lowest BCUT2D eigenvalue weighted by Gasteiger charge is -2.11. The summed E-state index contributed by atoms with van der Waals surface area (Å²) in [5, 5.41) is 0. The first kappa shape index (κ1) is 15.2. The monoisotopic (exact) mass is 309 g/mol. The van der Waals surface area contributed by atoms with Gasteiger partial charge in [-0.3, -0.25) is 0 Å². The summed E-state index contributed by atoms with van der Waals surface area (Å²) < 4.78 is 37.2. The second-order valence-electron chi connectivity index (χ2n) is 4.24. The molecule has 0 spiro atoms. The summed E-state index contributed by atoms with van der Waals surface area (Å²) in [6.45, 7) is -0.0164. The average molecular weight is 309 g/mol. The average Bonchev–Trinajstić information content (AvgIpc) is 2.46. The number of hydrogen-bond donors (Lipinski definition) is 1. The van der Waals surface area contributed by atoms with E-state index in [-0.39, 0.29) is 11.6 Å². The summed E-state index contributed by atoms with van der Waals surface area (Å²) >= 11 is 4.93. The van der Waals surface area contributed by atoms with E-state index in [1.807, 2.05) is 0 Å². The molecule has 0 heterocycles. The lowest BCUT2D eigenvalue weighted by atomic mass is 10.1. The number of ether oxygens (including phenoxy) is 2. The Kier molecular flexibility index (Phi) is 4.70. The van der Waals surface area contributed by atoms with E-state index in [0.29, 0.717) is 16.9 Å². The predicted octanol–water partition coefficient (Wildman–Crippen LogP) is 3.19. The minimum absolute atomic E-state index is 0.0164. The van der Waals surface area contributed by atoms with Gasteiger partial charge in [0.05, 0.1) is 12.7 Å². The molecule has 6 heteroatoms. The van der Waals surface area contributed by atoms with Crippen LogP contribution in [0.1, 0.15) is 11.1 Å². The number of thiocarbonyl (C=S) groups is 1. The first-order valence-electron chi connectivity index (χ1n) is 6.06. The molecule has 110 valence electrons. The van der Waals surface area contributed by atoms with Crippen molar-refractivity contribution < 1.29 is 18.3 Å². The zero-order valence-corrected chi connectivity index (χ0v) is 12.0. The molecule has 0 aromatic heterocycles. The first-order valence-corrected chi connectivity index (χ1v) is 6.47. The maximum atomic E-state index is 13.5. The van der Waals surface area contributed by atoms with Crippen molar-refractivity contribution in [1.82, 2.24) is 0 Å². The van der Waals surface area contributed by atoms with E-state index in [1.54, 1.807) is 18.2 Å². The van der Waals surface area contributed by atoms with Crippen LogP contribution in [0, 0.1) is 11.6 Å². The molecule has 0 fully saturated rings. The number of hydrogen-bond acceptors (Lipinski definition) is 3. The number of methoxy groups -OCH3 is 1. The Morgan fingerprint density at radius 1 is 1.19 bits per heavy atom. The molecule has 2 N–H and O–H groups in total. The molecular formula is C15H13F2NO2S. The standard InChI is InChI=1S/C15H13F2NO2S/c1-19-13-6-5-9(7-10(13)15(18)21)8-20-14-11(16)3-2-4-12(14)17/h2-7H,8H2,1H3,(H2,18,21). The van der Waals surface area contributed by atoms with E-state index in [0.717, 1.165) is 12.1 Å². The van der Waals surface area contributed by atoms with Crippen LogP contribution < -0.4 is 15.2 Å². The molecule has 2 rings (SSSR count). The zero-order valence-electron chi connectivity index (χ0n) is 11.2. The number of para-hydroxylation sites is 1. The van der Waals surface area contributed by atoms with Gasteiger partial charge < -0.3 is 15.2 Å². The SMILES string of the molecule is COc1ccc(COc2c(F)cccc2F)cc1C(N)=S. The van der Waals surface area contributed by atoms with Crippen molar-refractivity contribution in [2.75, 3.05) is 7.11 Å². The maximum absolute atomic E-state index is 13.5. The molecule has 2 aromatic rings. The van der Waals surface area contributed by atoms with Crippen LogP contribution >= 0.6 is 12.2 Å². The quantitative estimate of drug-likeness (QED) is 0.862. The van der Waals surface area contributed by atoms with Crippen molar-refractivity contribution in [3.8, 4) is 11.5 Å². The molecule has 0 saturated heterocycles. The topological polar surface area (TPSA) is 44.5 Å². The van der Waals surface area contributed by atoms with Crippen molar-refractivity contribution in [2.45, 2.75) is 6.61 Å². The summed E-state index contributed by atoms with van der Waals surface area (Å²) in [5.41, 5.74) is 6.82. The lowest BCUT2D eigenvalue weighted by molar-refractivity contribution is 0.274. The van der Waals surface area contributed by atoms with E-state index in [1.165, 1.54) is 13.2 Å². The zero-order chi connectivity index (χ0) is 15.4. The van der Waals surface area contributed by atoms with Gasteiger partial charge in [0.15, 0.2) is 17.4 Å². The third-order valence-electron chi connectivity index (χ3n) is 2.83. The molecule has 0 aliphatic heterocycles. The van der Waals surface area contributed by atoms with Crippen LogP contribution in [0.2, 0.25) is 0 Å². The minimum atomic E-state index is -0.752. The van der Waals surface area contributed by atoms with Gasteiger partial charge in [0, 0.05) is 0 Å². The third kappa shape index (κ3) is 3.46. The van der Waals surface area contributed by atoms with Gasteiger partial charge in [-0.05, 0) is 29.8 Å². The van der Waals surface area contributed by atoms with Gasteiger partial charge in [0.1, 0.15) is 17.3 Å². The molecule has 21 heavy (non-hydrogen) atoms. The smallest absolute Gasteiger partial charge is 0.191 e. The molecule has 0 saturated carbocycles. The van der Waals surface area contributed by atoms with Crippen molar-refractivity contribution >= 4 is 17.2 Å². The number of nitrogens with two attached hydrogens (primary N) is 1. The van der Waals surface area contributed by atoms with Crippen molar-refractivity contribution in [3.63, 3.8) is 0 Å². The summed E-state index contributed by atoms with van der Waals surface area (Å²) in [4.78, 5) is 0.172. The molecule has 2 aromatic carbocycles. The summed E-state index contributed by atoms with van der Waals surface area (Å²) in [6.07, 6.45) is 0. The second kappa shape index (κ2) is 6.49. The Morgan fingerprint density at radius 2 is 1.86 bits per heavy atom. The highest BCUT2D eigenvalue weighted by atomic mass is 32.1. The molecule has 3 nitrogen and oxygen atoms in total. The molecule has 0 bridgehead atoms. The van der Waals surface area contributed by atoms with Crippen LogP contribution in [-0.4, -0.2) is 12.1 Å². The van der Waals surface area contributed by atoms with Gasteiger partial charge in [0.2, 0.25) is 0 Å². The van der Waals surface area contributed by atoms with Crippen LogP contribution in [0.15, 0.2) is 36.4 Å². The fraction of sp³-hybridized carbons (Fsp3) is 0.133. The summed E-state index contributed by atoms with van der Waals surface area (Å²) in [7, 11) is 1.50. The van der Waals surface area contributed by atoms with Crippen molar-refractivity contribution in [2.24, 2.45) is 5.73 Å². The first-order chi connectivity index (χ1) is 10.0. The van der Waals surface area contributed by atoms with E-state index < -0.39 is 17.4 Å². The van der Waals surface area contributed by atoms with Crippen molar-refractivity contribution in [3.05, 3.63) is 59.2 Å². The van der Waals surface area contributed by atoms with Gasteiger partial charge in [-0.15, -0.1) is 0 Å². The molecule has 0 amide bonds. The molecule has 0 aliphatic carbocycles. The van der Waals surface area contributed by atoms with Crippen molar-refractivity contribution in [1.29, 1.82) is 0 Å². The van der Waals surface area contributed by atoms with Crippen LogP contribution in [0.3, 0.4) is 0 Å². The van der Waals surface area contributed by atoms with Gasteiger partial charge in [-0.25, -0.2) is 8.78 Å². The largest absolute Gasteiger partial charge is 0.496 e. The second-order valence-corrected chi connectivity index (χ2v) is 4.68. The summed E-state index contributed by atoms with van der Waals surface area (Å²) in [6, 6.07) is 8.58. The van der Waals surface area contributed by atoms with E-state index in [9.17, 15) is 8.78 Å². The van der Waals surface area contributed by atoms with Gasteiger partial charge in [0.25, 0.3) is 0 Å². The van der Waals surface area contributed by atoms with Gasteiger partial charge in [-0.2, -0.15) is 0 Å². The highest BCUT2D eigenvalue weighted by Crippen LogP contribution is 2.24. The number of halogens is 2. The Bertz CT molecular complexity index is 656. The lowest BCUT2D eigenvalue weighted by Crippen LogP contribution is -2.12. The van der Waals surface area contributed by atoms with Gasteiger partial charge in [-0.1, -0.05) is 24.4 Å². The molecule has 0 atom stereocenters. The highest BCUT2D eigenvalue weighted by molar-refractivity contribution is 7.80.